The minimum absolute atomic E-state index is 0.237. The topological polar surface area (TPSA) is 17.1 Å². The van der Waals surface area contributed by atoms with E-state index in [4.69, 9.17) is 0 Å². The SMILES string of the molecule is CC(C)=CCC1(C)C=C(C)c2ccccc2C1=O. The molecular formula is C17H20O. The maximum Gasteiger partial charge on any atom is 0.173 e. The fourth-order valence-electron chi connectivity index (χ4n) is 2.52. The molecule has 0 saturated carbocycles. The molecule has 1 aliphatic carbocycles. The van der Waals surface area contributed by atoms with Gasteiger partial charge in [-0.15, -0.1) is 0 Å². The number of allylic oxidation sites excluding steroid dienone is 4. The number of fused-ring (bicyclic) bond motifs is 1. The average molecular weight is 240 g/mol. The van der Waals surface area contributed by atoms with Crippen LogP contribution in [0, 0.1) is 5.41 Å². The Hall–Kier alpha value is -1.63. The molecule has 1 heteroatoms. The molecule has 0 aliphatic heterocycles. The van der Waals surface area contributed by atoms with E-state index in [1.165, 1.54) is 11.1 Å². The van der Waals surface area contributed by atoms with E-state index >= 15 is 0 Å². The monoisotopic (exact) mass is 240 g/mol. The second kappa shape index (κ2) is 4.56. The molecule has 1 unspecified atom stereocenters. The van der Waals surface area contributed by atoms with Crippen molar-refractivity contribution in [2.75, 3.05) is 0 Å². The largest absolute Gasteiger partial charge is 0.293 e. The maximum atomic E-state index is 12.6. The number of hydrogen-bond acceptors (Lipinski definition) is 1. The van der Waals surface area contributed by atoms with Crippen molar-refractivity contribution in [3.63, 3.8) is 0 Å². The zero-order valence-corrected chi connectivity index (χ0v) is 11.6. The summed E-state index contributed by atoms with van der Waals surface area (Å²) in [6.45, 7) is 8.27. The minimum atomic E-state index is -0.393. The van der Waals surface area contributed by atoms with E-state index < -0.39 is 5.41 Å². The Bertz CT molecular complexity index is 544. The van der Waals surface area contributed by atoms with Gasteiger partial charge in [-0.25, -0.2) is 0 Å². The standard InChI is InChI=1S/C17H20O/c1-12(2)9-10-17(4)11-13(3)14-7-5-6-8-15(14)16(17)18/h5-9,11H,10H2,1-4H3. The molecule has 1 aromatic carbocycles. The van der Waals surface area contributed by atoms with Crippen molar-refractivity contribution >= 4 is 11.4 Å². The number of carbonyl (C=O) groups is 1. The summed E-state index contributed by atoms with van der Waals surface area (Å²) in [6.07, 6.45) is 5.05. The van der Waals surface area contributed by atoms with Crippen molar-refractivity contribution in [1.29, 1.82) is 0 Å². The number of hydrogen-bond donors (Lipinski definition) is 0. The smallest absolute Gasteiger partial charge is 0.173 e. The van der Waals surface area contributed by atoms with Crippen LogP contribution in [0.1, 0.15) is 50.0 Å². The summed E-state index contributed by atoms with van der Waals surface area (Å²) in [6, 6.07) is 7.90. The molecule has 18 heavy (non-hydrogen) atoms. The highest BCUT2D eigenvalue weighted by Crippen LogP contribution is 2.39. The van der Waals surface area contributed by atoms with Gasteiger partial charge in [-0.1, -0.05) is 42.0 Å². The van der Waals surface area contributed by atoms with Crippen LogP contribution in [0.15, 0.2) is 42.0 Å². The highest BCUT2D eigenvalue weighted by molar-refractivity contribution is 6.08. The fourth-order valence-corrected chi connectivity index (χ4v) is 2.52. The van der Waals surface area contributed by atoms with Gasteiger partial charge in [0, 0.05) is 5.56 Å². The average Bonchev–Trinajstić information content (AvgIpc) is 2.34. The molecule has 1 aromatic rings. The van der Waals surface area contributed by atoms with E-state index in [9.17, 15) is 4.79 Å². The maximum absolute atomic E-state index is 12.6. The molecule has 94 valence electrons. The second-order valence-electron chi connectivity index (χ2n) is 5.61. The summed E-state index contributed by atoms with van der Waals surface area (Å²) in [5.41, 5.74) is 4.01. The molecule has 0 amide bonds. The molecule has 0 fully saturated rings. The second-order valence-corrected chi connectivity index (χ2v) is 5.61. The molecule has 0 saturated heterocycles. The summed E-state index contributed by atoms with van der Waals surface area (Å²) >= 11 is 0. The summed E-state index contributed by atoms with van der Waals surface area (Å²) in [7, 11) is 0. The molecule has 1 nitrogen and oxygen atoms in total. The van der Waals surface area contributed by atoms with Crippen LogP contribution in [0.5, 0.6) is 0 Å². The van der Waals surface area contributed by atoms with Crippen molar-refractivity contribution in [3.8, 4) is 0 Å². The lowest BCUT2D eigenvalue weighted by Crippen LogP contribution is -2.29. The van der Waals surface area contributed by atoms with Crippen LogP contribution in [0.3, 0.4) is 0 Å². The Balaban J connectivity index is 2.47. The Morgan fingerprint density at radius 1 is 1.22 bits per heavy atom. The normalized spacial score (nSPS) is 22.2. The summed E-state index contributed by atoms with van der Waals surface area (Å²) in [4.78, 5) is 12.6. The van der Waals surface area contributed by atoms with E-state index in [0.29, 0.717) is 0 Å². The lowest BCUT2D eigenvalue weighted by atomic mass is 9.72. The van der Waals surface area contributed by atoms with Gasteiger partial charge < -0.3 is 0 Å². The van der Waals surface area contributed by atoms with Crippen molar-refractivity contribution < 1.29 is 4.79 Å². The van der Waals surface area contributed by atoms with Crippen LogP contribution in [-0.2, 0) is 0 Å². The summed E-state index contributed by atoms with van der Waals surface area (Å²) in [5, 5.41) is 0. The predicted octanol–water partition coefficient (Wildman–Crippen LogP) is 4.65. The van der Waals surface area contributed by atoms with E-state index in [1.807, 2.05) is 31.2 Å². The zero-order chi connectivity index (χ0) is 13.3. The summed E-state index contributed by atoms with van der Waals surface area (Å²) < 4.78 is 0. The van der Waals surface area contributed by atoms with Crippen molar-refractivity contribution in [2.24, 2.45) is 5.41 Å². The molecule has 0 bridgehead atoms. The first-order chi connectivity index (χ1) is 8.44. The van der Waals surface area contributed by atoms with Gasteiger partial charge in [0.25, 0.3) is 0 Å². The van der Waals surface area contributed by atoms with Crippen molar-refractivity contribution in [3.05, 3.63) is 53.1 Å². The van der Waals surface area contributed by atoms with Crippen LogP contribution < -0.4 is 0 Å². The van der Waals surface area contributed by atoms with Crippen molar-refractivity contribution in [2.45, 2.75) is 34.1 Å². The van der Waals surface area contributed by atoms with Crippen LogP contribution >= 0.6 is 0 Å². The highest BCUT2D eigenvalue weighted by Gasteiger charge is 2.35. The molecule has 2 rings (SSSR count). The first-order valence-electron chi connectivity index (χ1n) is 6.41. The van der Waals surface area contributed by atoms with Crippen LogP contribution in [0.25, 0.3) is 5.57 Å². The lowest BCUT2D eigenvalue weighted by molar-refractivity contribution is 0.0868. The van der Waals surface area contributed by atoms with Crippen LogP contribution in [-0.4, -0.2) is 5.78 Å². The van der Waals surface area contributed by atoms with E-state index in [2.05, 4.69) is 32.9 Å². The third kappa shape index (κ3) is 2.17. The Labute approximate surface area is 109 Å². The van der Waals surface area contributed by atoms with Gasteiger partial charge in [-0.05, 0) is 45.3 Å². The molecule has 1 atom stereocenters. The van der Waals surface area contributed by atoms with Gasteiger partial charge in [0.1, 0.15) is 0 Å². The van der Waals surface area contributed by atoms with Gasteiger partial charge in [-0.3, -0.25) is 4.79 Å². The van der Waals surface area contributed by atoms with E-state index in [1.54, 1.807) is 0 Å². The number of Topliss-reactive ketones (excluding diaryl/α,β-unsaturated/α-hetero) is 1. The quantitative estimate of drug-likeness (QED) is 0.688. The zero-order valence-electron chi connectivity index (χ0n) is 11.6. The van der Waals surface area contributed by atoms with Gasteiger partial charge in [0.15, 0.2) is 5.78 Å². The Morgan fingerprint density at radius 3 is 2.44 bits per heavy atom. The van der Waals surface area contributed by atoms with Crippen LogP contribution in [0.2, 0.25) is 0 Å². The summed E-state index contributed by atoms with van der Waals surface area (Å²) in [5.74, 6) is 0.237. The number of rotatable bonds is 2. The van der Waals surface area contributed by atoms with Gasteiger partial charge >= 0.3 is 0 Å². The van der Waals surface area contributed by atoms with Crippen molar-refractivity contribution in [1.82, 2.24) is 0 Å². The molecule has 0 radical (unpaired) electrons. The minimum Gasteiger partial charge on any atom is -0.293 e. The van der Waals surface area contributed by atoms with E-state index in [-0.39, 0.29) is 5.78 Å². The predicted molar refractivity (Wildman–Crippen MR) is 76.6 cm³/mol. The molecule has 0 aromatic heterocycles. The third-order valence-corrected chi connectivity index (χ3v) is 3.58. The highest BCUT2D eigenvalue weighted by atomic mass is 16.1. The third-order valence-electron chi connectivity index (χ3n) is 3.58. The Kier molecular flexibility index (Phi) is 3.25. The first kappa shape index (κ1) is 12.8. The molecule has 0 spiro atoms. The lowest BCUT2D eigenvalue weighted by Gasteiger charge is -2.30. The Morgan fingerprint density at radius 2 is 1.83 bits per heavy atom. The number of ketones is 1. The van der Waals surface area contributed by atoms with Gasteiger partial charge in [0.2, 0.25) is 0 Å². The fraction of sp³-hybridized carbons (Fsp3) is 0.353. The molecular weight excluding hydrogens is 220 g/mol. The van der Waals surface area contributed by atoms with Gasteiger partial charge in [0.05, 0.1) is 5.41 Å². The molecule has 1 aliphatic rings. The molecule has 0 heterocycles. The van der Waals surface area contributed by atoms with E-state index in [0.717, 1.165) is 17.5 Å². The van der Waals surface area contributed by atoms with Gasteiger partial charge in [-0.2, -0.15) is 0 Å². The number of carbonyl (C=O) groups excluding carboxylic acids is 1. The number of benzene rings is 1. The first-order valence-corrected chi connectivity index (χ1v) is 6.41. The van der Waals surface area contributed by atoms with Crippen LogP contribution in [0.4, 0.5) is 0 Å². The molecule has 0 N–H and O–H groups in total.